The van der Waals surface area contributed by atoms with Gasteiger partial charge in [0, 0.05) is 41.0 Å². The van der Waals surface area contributed by atoms with Gasteiger partial charge in [0.2, 0.25) is 5.69 Å². The summed E-state index contributed by atoms with van der Waals surface area (Å²) >= 11 is 0. The smallest absolute Gasteiger partial charge is 0.216 e. The van der Waals surface area contributed by atoms with Crippen molar-refractivity contribution in [1.29, 1.82) is 0 Å². The van der Waals surface area contributed by atoms with Crippen molar-refractivity contribution >= 4 is 0 Å². The molecule has 0 aliphatic heterocycles. The van der Waals surface area contributed by atoms with E-state index in [0.717, 1.165) is 6.54 Å². The molecule has 0 radical (unpaired) electrons. The molecular formula is C25H24Cl2N2. The Morgan fingerprint density at radius 2 is 1.10 bits per heavy atom. The lowest BCUT2D eigenvalue weighted by Gasteiger charge is -2.05. The van der Waals surface area contributed by atoms with Gasteiger partial charge in [-0.2, -0.15) is 4.57 Å². The Labute approximate surface area is 185 Å². The van der Waals surface area contributed by atoms with Gasteiger partial charge in [-0.05, 0) is 25.0 Å². The van der Waals surface area contributed by atoms with Crippen molar-refractivity contribution in [3.05, 3.63) is 114 Å². The number of halogens is 2. The van der Waals surface area contributed by atoms with Crippen LogP contribution in [0.25, 0.3) is 16.8 Å². The molecule has 148 valence electrons. The normalized spacial score (nSPS) is 10.0. The number of aryl methyl sites for hydroxylation is 2. The topological polar surface area (TPSA) is 7.76 Å². The summed E-state index contributed by atoms with van der Waals surface area (Å²) in [5.41, 5.74) is 7.60. The van der Waals surface area contributed by atoms with Gasteiger partial charge < -0.3 is 24.8 Å². The van der Waals surface area contributed by atoms with Crippen LogP contribution in [0.3, 0.4) is 0 Å². The Hall–Kier alpha value is -2.68. The predicted octanol–water partition coefficient (Wildman–Crippen LogP) is -1.41. The van der Waals surface area contributed by atoms with E-state index in [2.05, 4.69) is 121 Å². The number of rotatable bonds is 4. The Bertz CT molecular complexity index is 1020. The lowest BCUT2D eigenvalue weighted by atomic mass is 10.1. The van der Waals surface area contributed by atoms with Gasteiger partial charge in [0.1, 0.15) is 0 Å². The van der Waals surface area contributed by atoms with E-state index in [1.165, 1.54) is 33.5 Å². The van der Waals surface area contributed by atoms with Gasteiger partial charge in [0.25, 0.3) is 0 Å². The van der Waals surface area contributed by atoms with Crippen LogP contribution in [0.4, 0.5) is 0 Å². The summed E-state index contributed by atoms with van der Waals surface area (Å²) in [7, 11) is 0. The van der Waals surface area contributed by atoms with E-state index in [-0.39, 0.29) is 24.8 Å². The van der Waals surface area contributed by atoms with Crippen LogP contribution in [0.2, 0.25) is 0 Å². The summed E-state index contributed by atoms with van der Waals surface area (Å²) in [4.78, 5) is 0. The number of hydrogen-bond donors (Lipinski definition) is 0. The molecule has 0 unspecified atom stereocenters. The average molecular weight is 423 g/mol. The van der Waals surface area contributed by atoms with Crippen molar-refractivity contribution in [3.8, 4) is 16.8 Å². The molecule has 0 saturated carbocycles. The molecule has 4 rings (SSSR count). The first kappa shape index (κ1) is 22.6. The minimum Gasteiger partial charge on any atom is -1.00 e. The van der Waals surface area contributed by atoms with Crippen LogP contribution in [-0.2, 0) is 6.54 Å². The van der Waals surface area contributed by atoms with Crippen LogP contribution in [0, 0.1) is 13.8 Å². The molecular weight excluding hydrogens is 399 g/mol. The molecule has 4 aromatic rings. The van der Waals surface area contributed by atoms with E-state index in [1.807, 2.05) is 0 Å². The highest BCUT2D eigenvalue weighted by Crippen LogP contribution is 2.18. The Kier molecular flexibility index (Phi) is 7.95. The van der Waals surface area contributed by atoms with E-state index in [1.54, 1.807) is 0 Å². The largest absolute Gasteiger partial charge is 1.00 e. The molecule has 0 amide bonds. The molecule has 0 atom stereocenters. The molecule has 2 aromatic carbocycles. The van der Waals surface area contributed by atoms with Crippen LogP contribution in [0.5, 0.6) is 0 Å². The van der Waals surface area contributed by atoms with Crippen LogP contribution in [0.15, 0.2) is 97.6 Å². The predicted molar refractivity (Wildman–Crippen MR) is 109 cm³/mol. The van der Waals surface area contributed by atoms with E-state index in [9.17, 15) is 0 Å². The van der Waals surface area contributed by atoms with E-state index >= 15 is 0 Å². The first-order valence-corrected chi connectivity index (χ1v) is 9.32. The fourth-order valence-electron chi connectivity index (χ4n) is 3.53. The maximum absolute atomic E-state index is 2.21. The van der Waals surface area contributed by atoms with Gasteiger partial charge in [-0.15, -0.1) is 0 Å². The van der Waals surface area contributed by atoms with Crippen LogP contribution in [-0.4, -0.2) is 0 Å². The molecule has 2 heterocycles. The summed E-state index contributed by atoms with van der Waals surface area (Å²) in [6, 6.07) is 25.7. The molecule has 0 aliphatic carbocycles. The highest BCUT2D eigenvalue weighted by molar-refractivity contribution is 5.61. The van der Waals surface area contributed by atoms with E-state index < -0.39 is 0 Å². The summed E-state index contributed by atoms with van der Waals surface area (Å²) in [6.07, 6.45) is 8.59. The second kappa shape index (κ2) is 10.2. The Morgan fingerprint density at radius 3 is 1.66 bits per heavy atom. The van der Waals surface area contributed by atoms with Crippen molar-refractivity contribution in [3.63, 3.8) is 0 Å². The van der Waals surface area contributed by atoms with Gasteiger partial charge in [-0.1, -0.05) is 48.5 Å². The molecule has 2 aromatic heterocycles. The number of aromatic nitrogens is 2. The standard InChI is InChI=1S/C25H24N2.2ClH/c1-20-7-6-8-21(2)25(20)27-17-13-24(14-18-27)23-11-15-26(16-12-23)19-22-9-4-3-5-10-22;;/h3-18H,19H2,1-2H3;2*1H/q+2;;/p-2. The zero-order chi connectivity index (χ0) is 18.6. The van der Waals surface area contributed by atoms with Crippen molar-refractivity contribution in [1.82, 2.24) is 0 Å². The first-order valence-electron chi connectivity index (χ1n) is 9.32. The van der Waals surface area contributed by atoms with Crippen molar-refractivity contribution in [2.24, 2.45) is 0 Å². The Balaban J connectivity index is 0.00000150. The fraction of sp³-hybridized carbons (Fsp3) is 0.120. The monoisotopic (exact) mass is 422 g/mol. The van der Waals surface area contributed by atoms with Gasteiger partial charge in [-0.3, -0.25) is 0 Å². The zero-order valence-electron chi connectivity index (χ0n) is 16.6. The zero-order valence-corrected chi connectivity index (χ0v) is 18.1. The van der Waals surface area contributed by atoms with Gasteiger partial charge in [0.15, 0.2) is 31.3 Å². The van der Waals surface area contributed by atoms with E-state index in [4.69, 9.17) is 0 Å². The highest BCUT2D eigenvalue weighted by atomic mass is 35.5. The van der Waals surface area contributed by atoms with Crippen molar-refractivity contribution in [2.75, 3.05) is 0 Å². The molecule has 0 fully saturated rings. The quantitative estimate of drug-likeness (QED) is 0.357. The summed E-state index contributed by atoms with van der Waals surface area (Å²) in [5, 5.41) is 0. The number of benzene rings is 2. The van der Waals surface area contributed by atoms with E-state index in [0.29, 0.717) is 0 Å². The molecule has 0 saturated heterocycles. The minimum atomic E-state index is 0. The van der Waals surface area contributed by atoms with Gasteiger partial charge in [0.05, 0.1) is 0 Å². The molecule has 0 aliphatic rings. The summed E-state index contributed by atoms with van der Waals surface area (Å²) in [6.45, 7) is 5.21. The molecule has 0 bridgehead atoms. The second-order valence-corrected chi connectivity index (χ2v) is 6.98. The highest BCUT2D eigenvalue weighted by Gasteiger charge is 2.13. The molecule has 0 spiro atoms. The number of nitrogens with zero attached hydrogens (tertiary/aromatic N) is 2. The molecule has 4 heteroatoms. The number of para-hydroxylation sites is 1. The summed E-state index contributed by atoms with van der Waals surface area (Å²) < 4.78 is 4.41. The van der Waals surface area contributed by atoms with Crippen LogP contribution in [0.1, 0.15) is 16.7 Å². The van der Waals surface area contributed by atoms with Crippen LogP contribution >= 0.6 is 0 Å². The maximum atomic E-state index is 2.21. The summed E-state index contributed by atoms with van der Waals surface area (Å²) in [5.74, 6) is 0. The second-order valence-electron chi connectivity index (χ2n) is 6.98. The minimum absolute atomic E-state index is 0. The van der Waals surface area contributed by atoms with Crippen molar-refractivity contribution in [2.45, 2.75) is 20.4 Å². The van der Waals surface area contributed by atoms with Crippen molar-refractivity contribution < 1.29 is 33.9 Å². The first-order chi connectivity index (χ1) is 13.2. The number of hydrogen-bond acceptors (Lipinski definition) is 0. The third-order valence-electron chi connectivity index (χ3n) is 4.96. The number of pyridine rings is 2. The third-order valence-corrected chi connectivity index (χ3v) is 4.96. The lowest BCUT2D eigenvalue weighted by molar-refractivity contribution is -0.688. The average Bonchev–Trinajstić information content (AvgIpc) is 2.70. The maximum Gasteiger partial charge on any atom is 0.216 e. The molecule has 2 nitrogen and oxygen atoms in total. The Morgan fingerprint density at radius 1 is 0.586 bits per heavy atom. The fourth-order valence-corrected chi connectivity index (χ4v) is 3.53. The van der Waals surface area contributed by atoms with Gasteiger partial charge in [-0.25, -0.2) is 4.57 Å². The molecule has 0 N–H and O–H groups in total. The van der Waals surface area contributed by atoms with Crippen LogP contribution < -0.4 is 33.9 Å². The third kappa shape index (κ3) is 5.23. The molecule has 29 heavy (non-hydrogen) atoms. The lowest BCUT2D eigenvalue weighted by Crippen LogP contribution is -3.00. The van der Waals surface area contributed by atoms with Gasteiger partial charge >= 0.3 is 0 Å². The SMILES string of the molecule is Cc1cccc(C)c1-[n+]1ccc(-c2cc[n+](Cc3ccccc3)cc2)cc1.[Cl-].[Cl-].